The standard InChI is InChI=1S/C7H4Cl2N2/c8-7-5-3-1-2-4-6(5)11(9)10-7/h1-4H. The molecule has 1 heterocycles. The van der Waals surface area contributed by atoms with Crippen molar-refractivity contribution >= 4 is 34.3 Å². The minimum absolute atomic E-state index is 0.440. The van der Waals surface area contributed by atoms with Crippen LogP contribution in [0.25, 0.3) is 10.9 Å². The van der Waals surface area contributed by atoms with Crippen LogP contribution >= 0.6 is 23.4 Å². The first-order valence-corrected chi connectivity index (χ1v) is 3.80. The van der Waals surface area contributed by atoms with E-state index in [4.69, 9.17) is 23.4 Å². The minimum atomic E-state index is 0.440. The van der Waals surface area contributed by atoms with Crippen molar-refractivity contribution in [2.24, 2.45) is 0 Å². The number of hydrogen-bond donors (Lipinski definition) is 0. The summed E-state index contributed by atoms with van der Waals surface area (Å²) in [5, 5.41) is 5.16. The Hall–Kier alpha value is -0.730. The van der Waals surface area contributed by atoms with Crippen molar-refractivity contribution in [2.75, 3.05) is 0 Å². The zero-order chi connectivity index (χ0) is 7.84. The molecule has 2 rings (SSSR count). The first-order valence-electron chi connectivity index (χ1n) is 3.08. The van der Waals surface area contributed by atoms with Gasteiger partial charge in [0.25, 0.3) is 0 Å². The van der Waals surface area contributed by atoms with Gasteiger partial charge in [-0.2, -0.15) is 4.20 Å². The molecule has 0 fully saturated rings. The molecular weight excluding hydrogens is 183 g/mol. The first kappa shape index (κ1) is 6.95. The molecule has 0 atom stereocenters. The van der Waals surface area contributed by atoms with E-state index in [9.17, 15) is 0 Å². The number of nitrogens with zero attached hydrogens (tertiary/aromatic N) is 2. The van der Waals surface area contributed by atoms with Gasteiger partial charge in [-0.1, -0.05) is 23.7 Å². The van der Waals surface area contributed by atoms with Crippen molar-refractivity contribution in [1.29, 1.82) is 0 Å². The van der Waals surface area contributed by atoms with Gasteiger partial charge >= 0.3 is 0 Å². The van der Waals surface area contributed by atoms with Crippen molar-refractivity contribution in [3.05, 3.63) is 29.4 Å². The summed E-state index contributed by atoms with van der Waals surface area (Å²) in [6.07, 6.45) is 0. The fourth-order valence-electron chi connectivity index (χ4n) is 0.994. The van der Waals surface area contributed by atoms with Gasteiger partial charge in [0, 0.05) is 17.2 Å². The molecule has 56 valence electrons. The highest BCUT2D eigenvalue weighted by atomic mass is 35.5. The second kappa shape index (κ2) is 2.40. The number of rotatable bonds is 0. The highest BCUT2D eigenvalue weighted by Gasteiger charge is 2.04. The van der Waals surface area contributed by atoms with Gasteiger partial charge in [-0.3, -0.25) is 0 Å². The third kappa shape index (κ3) is 0.988. The van der Waals surface area contributed by atoms with E-state index in [2.05, 4.69) is 5.10 Å². The lowest BCUT2D eigenvalue weighted by molar-refractivity contribution is 1.02. The maximum absolute atomic E-state index is 5.76. The maximum Gasteiger partial charge on any atom is 0.160 e. The summed E-state index contributed by atoms with van der Waals surface area (Å²) in [4.78, 5) is 0. The number of benzene rings is 1. The Bertz CT molecular complexity index is 358. The van der Waals surface area contributed by atoms with Crippen LogP contribution in [0.15, 0.2) is 24.3 Å². The smallest absolute Gasteiger partial charge is 0.160 e. The Balaban J connectivity index is 2.95. The number of hydrogen-bond acceptors (Lipinski definition) is 1. The lowest BCUT2D eigenvalue weighted by Gasteiger charge is -1.86. The van der Waals surface area contributed by atoms with E-state index >= 15 is 0 Å². The van der Waals surface area contributed by atoms with E-state index in [0.29, 0.717) is 5.15 Å². The van der Waals surface area contributed by atoms with Gasteiger partial charge in [0.1, 0.15) is 0 Å². The van der Waals surface area contributed by atoms with E-state index in [1.54, 1.807) is 0 Å². The molecule has 4 heteroatoms. The Morgan fingerprint density at radius 3 is 2.73 bits per heavy atom. The van der Waals surface area contributed by atoms with Gasteiger partial charge in [-0.15, -0.1) is 5.10 Å². The molecule has 1 aromatic heterocycles. The zero-order valence-corrected chi connectivity index (χ0v) is 6.97. The van der Waals surface area contributed by atoms with Crippen LogP contribution in [0.1, 0.15) is 0 Å². The highest BCUT2D eigenvalue weighted by molar-refractivity contribution is 6.35. The summed E-state index contributed by atoms with van der Waals surface area (Å²) in [5.41, 5.74) is 0.833. The van der Waals surface area contributed by atoms with Crippen LogP contribution in [-0.4, -0.2) is 9.30 Å². The molecule has 2 aromatic rings. The molecule has 1 aromatic carbocycles. The van der Waals surface area contributed by atoms with Gasteiger partial charge in [0.15, 0.2) is 5.15 Å². The number of aromatic nitrogens is 2. The molecule has 0 N–H and O–H groups in total. The Kier molecular flexibility index (Phi) is 1.51. The maximum atomic E-state index is 5.76. The van der Waals surface area contributed by atoms with Gasteiger partial charge in [0.05, 0.1) is 5.52 Å². The van der Waals surface area contributed by atoms with Crippen LogP contribution < -0.4 is 0 Å². The van der Waals surface area contributed by atoms with Crippen molar-refractivity contribution in [3.8, 4) is 0 Å². The molecule has 0 amide bonds. The summed E-state index contributed by atoms with van der Waals surface area (Å²) >= 11 is 11.5. The minimum Gasteiger partial charge on any atom is -0.171 e. The highest BCUT2D eigenvalue weighted by Crippen LogP contribution is 2.22. The molecule has 0 bridgehead atoms. The largest absolute Gasteiger partial charge is 0.171 e. The monoisotopic (exact) mass is 186 g/mol. The number of fused-ring (bicyclic) bond motifs is 1. The van der Waals surface area contributed by atoms with Crippen LogP contribution in [-0.2, 0) is 0 Å². The molecular formula is C7H4Cl2N2. The van der Waals surface area contributed by atoms with E-state index < -0.39 is 0 Å². The first-order chi connectivity index (χ1) is 5.29. The molecule has 0 radical (unpaired) electrons. The lowest BCUT2D eigenvalue weighted by atomic mass is 10.3. The SMILES string of the molecule is Clc1nn(Cl)c2ccccc12. The van der Waals surface area contributed by atoms with Gasteiger partial charge < -0.3 is 0 Å². The fourth-order valence-corrected chi connectivity index (χ4v) is 1.49. The fraction of sp³-hybridized carbons (Fsp3) is 0. The Labute approximate surface area is 73.4 Å². The molecule has 0 spiro atoms. The number of halogens is 2. The van der Waals surface area contributed by atoms with Gasteiger partial charge in [0.2, 0.25) is 0 Å². The molecule has 0 saturated carbocycles. The molecule has 0 saturated heterocycles. The molecule has 2 nitrogen and oxygen atoms in total. The van der Waals surface area contributed by atoms with Crippen LogP contribution in [0.4, 0.5) is 0 Å². The summed E-state index contributed by atoms with van der Waals surface area (Å²) in [7, 11) is 0. The summed E-state index contributed by atoms with van der Waals surface area (Å²) in [5.74, 6) is 0. The second-order valence-electron chi connectivity index (χ2n) is 2.17. The van der Waals surface area contributed by atoms with Crippen molar-refractivity contribution in [1.82, 2.24) is 9.30 Å². The molecule has 0 aliphatic rings. The van der Waals surface area contributed by atoms with Gasteiger partial charge in [-0.05, 0) is 12.1 Å². The van der Waals surface area contributed by atoms with Crippen molar-refractivity contribution in [3.63, 3.8) is 0 Å². The molecule has 0 aliphatic carbocycles. The predicted octanol–water partition coefficient (Wildman–Crippen LogP) is 2.69. The van der Waals surface area contributed by atoms with E-state index in [1.807, 2.05) is 24.3 Å². The zero-order valence-electron chi connectivity index (χ0n) is 5.46. The van der Waals surface area contributed by atoms with Crippen LogP contribution in [0, 0.1) is 0 Å². The van der Waals surface area contributed by atoms with Crippen LogP contribution in [0.2, 0.25) is 5.15 Å². The second-order valence-corrected chi connectivity index (χ2v) is 2.85. The lowest BCUT2D eigenvalue weighted by Crippen LogP contribution is -1.79. The van der Waals surface area contributed by atoms with E-state index in [0.717, 1.165) is 10.9 Å². The van der Waals surface area contributed by atoms with E-state index in [1.165, 1.54) is 4.20 Å². The van der Waals surface area contributed by atoms with Crippen LogP contribution in [0.3, 0.4) is 0 Å². The summed E-state index contributed by atoms with van der Waals surface area (Å²) in [6.45, 7) is 0. The van der Waals surface area contributed by atoms with Crippen molar-refractivity contribution in [2.45, 2.75) is 0 Å². The van der Waals surface area contributed by atoms with Crippen LogP contribution in [0.5, 0.6) is 0 Å². The molecule has 0 aliphatic heterocycles. The molecule has 0 unspecified atom stereocenters. The van der Waals surface area contributed by atoms with Crippen molar-refractivity contribution < 1.29 is 0 Å². The van der Waals surface area contributed by atoms with E-state index in [-0.39, 0.29) is 0 Å². The summed E-state index contributed by atoms with van der Waals surface area (Å²) < 4.78 is 1.25. The number of para-hydroxylation sites is 1. The van der Waals surface area contributed by atoms with Gasteiger partial charge in [-0.25, -0.2) is 0 Å². The quantitative estimate of drug-likeness (QED) is 0.619. The Morgan fingerprint density at radius 1 is 1.27 bits per heavy atom. The topological polar surface area (TPSA) is 17.8 Å². The predicted molar refractivity (Wildman–Crippen MR) is 46.0 cm³/mol. The third-order valence-electron chi connectivity index (χ3n) is 1.50. The Morgan fingerprint density at radius 2 is 2.00 bits per heavy atom. The normalized spacial score (nSPS) is 10.7. The average molecular weight is 187 g/mol. The third-order valence-corrected chi connectivity index (χ3v) is 2.04. The average Bonchev–Trinajstić information content (AvgIpc) is 2.30. The molecule has 11 heavy (non-hydrogen) atoms. The summed E-state index contributed by atoms with van der Waals surface area (Å²) in [6, 6.07) is 7.52.